The summed E-state index contributed by atoms with van der Waals surface area (Å²) in [5.74, 6) is 0.00204. The van der Waals surface area contributed by atoms with Crippen molar-refractivity contribution in [2.24, 2.45) is 0 Å². The molecule has 6 nitrogen and oxygen atoms in total. The molecule has 6 heteroatoms. The first kappa shape index (κ1) is 15.7. The Bertz CT molecular complexity index is 341. The number of rotatable bonds is 10. The lowest BCUT2D eigenvalue weighted by Crippen LogP contribution is -2.25. The molecule has 3 N–H and O–H groups in total. The quantitative estimate of drug-likeness (QED) is 0.553. The summed E-state index contributed by atoms with van der Waals surface area (Å²) in [7, 11) is 0. The second kappa shape index (κ2) is 9.52. The van der Waals surface area contributed by atoms with Crippen LogP contribution >= 0.6 is 0 Å². The van der Waals surface area contributed by atoms with E-state index < -0.39 is 6.29 Å². The van der Waals surface area contributed by atoms with Crippen molar-refractivity contribution in [3.63, 3.8) is 0 Å². The van der Waals surface area contributed by atoms with Gasteiger partial charge in [-0.15, -0.1) is 0 Å². The minimum atomic E-state index is -0.752. The summed E-state index contributed by atoms with van der Waals surface area (Å²) in [4.78, 5) is 18.4. The zero-order valence-corrected chi connectivity index (χ0v) is 11.4. The van der Waals surface area contributed by atoms with Crippen LogP contribution in [-0.4, -0.2) is 40.4 Å². The van der Waals surface area contributed by atoms with Gasteiger partial charge in [0.2, 0.25) is 5.91 Å². The summed E-state index contributed by atoms with van der Waals surface area (Å²) in [5, 5.41) is 12.3. The van der Waals surface area contributed by atoms with Crippen molar-refractivity contribution in [1.82, 2.24) is 15.3 Å². The van der Waals surface area contributed by atoms with E-state index >= 15 is 0 Å². The molecule has 0 aliphatic carbocycles. The number of nitrogens with one attached hydrogen (secondary N) is 2. The van der Waals surface area contributed by atoms with Crippen molar-refractivity contribution in [3.8, 4) is 0 Å². The van der Waals surface area contributed by atoms with E-state index in [1.165, 1.54) is 0 Å². The fourth-order valence-corrected chi connectivity index (χ4v) is 1.62. The average molecular weight is 269 g/mol. The molecule has 1 amide bonds. The largest absolute Gasteiger partial charge is 0.368 e. The molecule has 19 heavy (non-hydrogen) atoms. The van der Waals surface area contributed by atoms with Crippen LogP contribution in [0.1, 0.15) is 38.3 Å². The predicted octanol–water partition coefficient (Wildman–Crippen LogP) is 0.984. The van der Waals surface area contributed by atoms with Gasteiger partial charge < -0.3 is 20.1 Å². The fraction of sp³-hybridized carbons (Fsp3) is 0.692. The van der Waals surface area contributed by atoms with Crippen LogP contribution < -0.4 is 5.32 Å². The topological polar surface area (TPSA) is 87.2 Å². The normalized spacial score (nSPS) is 12.3. The van der Waals surface area contributed by atoms with Gasteiger partial charge in [0.15, 0.2) is 6.29 Å². The lowest BCUT2D eigenvalue weighted by atomic mass is 10.2. The van der Waals surface area contributed by atoms with Crippen molar-refractivity contribution in [3.05, 3.63) is 18.2 Å². The van der Waals surface area contributed by atoms with Crippen LogP contribution in [0.2, 0.25) is 0 Å². The van der Waals surface area contributed by atoms with Crippen LogP contribution in [0.4, 0.5) is 0 Å². The van der Waals surface area contributed by atoms with E-state index in [0.717, 1.165) is 18.5 Å². The van der Waals surface area contributed by atoms with Gasteiger partial charge in [0.05, 0.1) is 6.33 Å². The van der Waals surface area contributed by atoms with Gasteiger partial charge in [0.1, 0.15) is 0 Å². The molecule has 0 aromatic carbocycles. The Labute approximate surface area is 113 Å². The van der Waals surface area contributed by atoms with E-state index in [0.29, 0.717) is 32.4 Å². The number of ether oxygens (including phenoxy) is 1. The Kier molecular flexibility index (Phi) is 7.84. The SMILES string of the molecule is CCCOC(O)CCCC(=O)NCCc1cnc[nH]1. The highest BCUT2D eigenvalue weighted by Crippen LogP contribution is 2.03. The molecule has 0 aliphatic rings. The molecule has 0 radical (unpaired) electrons. The molecule has 1 heterocycles. The maximum Gasteiger partial charge on any atom is 0.220 e. The second-order valence-corrected chi connectivity index (χ2v) is 4.39. The number of H-pyrrole nitrogens is 1. The lowest BCUT2D eigenvalue weighted by molar-refractivity contribution is -0.122. The smallest absolute Gasteiger partial charge is 0.220 e. The number of aromatic amines is 1. The Morgan fingerprint density at radius 3 is 3.16 bits per heavy atom. The number of aliphatic hydroxyl groups is 1. The molecule has 0 spiro atoms. The highest BCUT2D eigenvalue weighted by atomic mass is 16.6. The second-order valence-electron chi connectivity index (χ2n) is 4.39. The third kappa shape index (κ3) is 7.58. The molecule has 0 aliphatic heterocycles. The minimum absolute atomic E-state index is 0.00204. The highest BCUT2D eigenvalue weighted by molar-refractivity contribution is 5.75. The van der Waals surface area contributed by atoms with Crippen LogP contribution in [0.15, 0.2) is 12.5 Å². The van der Waals surface area contributed by atoms with Crippen LogP contribution in [0, 0.1) is 0 Å². The Morgan fingerprint density at radius 1 is 1.63 bits per heavy atom. The van der Waals surface area contributed by atoms with E-state index in [1.54, 1.807) is 12.5 Å². The van der Waals surface area contributed by atoms with Crippen LogP contribution in [0.3, 0.4) is 0 Å². The van der Waals surface area contributed by atoms with Crippen molar-refractivity contribution in [2.45, 2.75) is 45.3 Å². The van der Waals surface area contributed by atoms with Gasteiger partial charge in [-0.3, -0.25) is 4.79 Å². The van der Waals surface area contributed by atoms with Gasteiger partial charge in [0.25, 0.3) is 0 Å². The first-order chi connectivity index (χ1) is 9.22. The van der Waals surface area contributed by atoms with Gasteiger partial charge in [-0.25, -0.2) is 4.98 Å². The molecule has 0 saturated heterocycles. The van der Waals surface area contributed by atoms with Crippen LogP contribution in [-0.2, 0) is 16.0 Å². The van der Waals surface area contributed by atoms with Crippen LogP contribution in [0.25, 0.3) is 0 Å². The van der Waals surface area contributed by atoms with Crippen molar-refractivity contribution in [1.29, 1.82) is 0 Å². The van der Waals surface area contributed by atoms with E-state index in [9.17, 15) is 9.90 Å². The van der Waals surface area contributed by atoms with Crippen molar-refractivity contribution < 1.29 is 14.6 Å². The molecular formula is C13H23N3O3. The Balaban J connectivity index is 1.98. The number of hydrogen-bond donors (Lipinski definition) is 3. The van der Waals surface area contributed by atoms with E-state index in [4.69, 9.17) is 4.74 Å². The number of hydrogen-bond acceptors (Lipinski definition) is 4. The maximum absolute atomic E-state index is 11.5. The first-order valence-electron chi connectivity index (χ1n) is 6.76. The number of aromatic nitrogens is 2. The van der Waals surface area contributed by atoms with E-state index in [-0.39, 0.29) is 5.91 Å². The molecule has 1 aromatic rings. The van der Waals surface area contributed by atoms with E-state index in [1.807, 2.05) is 6.92 Å². The Hall–Kier alpha value is -1.40. The number of carbonyl (C=O) groups is 1. The molecule has 108 valence electrons. The standard InChI is InChI=1S/C13H23N3O3/c1-2-8-19-13(18)5-3-4-12(17)15-7-6-11-9-14-10-16-11/h9-10,13,18H,2-8H2,1H3,(H,14,16)(H,15,17). The van der Waals surface area contributed by atoms with Crippen LogP contribution in [0.5, 0.6) is 0 Å². The highest BCUT2D eigenvalue weighted by Gasteiger charge is 2.06. The summed E-state index contributed by atoms with van der Waals surface area (Å²) < 4.78 is 5.12. The number of carbonyl (C=O) groups excluding carboxylic acids is 1. The van der Waals surface area contributed by atoms with Gasteiger partial charge in [0, 0.05) is 37.9 Å². The lowest BCUT2D eigenvalue weighted by Gasteiger charge is -2.10. The van der Waals surface area contributed by atoms with Crippen molar-refractivity contribution >= 4 is 5.91 Å². The van der Waals surface area contributed by atoms with Gasteiger partial charge >= 0.3 is 0 Å². The zero-order valence-electron chi connectivity index (χ0n) is 11.4. The summed E-state index contributed by atoms with van der Waals surface area (Å²) in [6, 6.07) is 0. The summed E-state index contributed by atoms with van der Waals surface area (Å²) >= 11 is 0. The predicted molar refractivity (Wildman–Crippen MR) is 71.4 cm³/mol. The Morgan fingerprint density at radius 2 is 2.47 bits per heavy atom. The first-order valence-corrected chi connectivity index (χ1v) is 6.76. The summed E-state index contributed by atoms with van der Waals surface area (Å²) in [5.41, 5.74) is 1.00. The monoisotopic (exact) mass is 269 g/mol. The third-order valence-electron chi connectivity index (χ3n) is 2.64. The summed E-state index contributed by atoms with van der Waals surface area (Å²) in [6.45, 7) is 3.13. The number of aliphatic hydroxyl groups excluding tert-OH is 1. The summed E-state index contributed by atoms with van der Waals surface area (Å²) in [6.07, 6.45) is 5.77. The van der Waals surface area contributed by atoms with Gasteiger partial charge in [-0.05, 0) is 19.3 Å². The number of imidazole rings is 1. The van der Waals surface area contributed by atoms with E-state index in [2.05, 4.69) is 15.3 Å². The molecular weight excluding hydrogens is 246 g/mol. The maximum atomic E-state index is 11.5. The molecule has 1 unspecified atom stereocenters. The fourth-order valence-electron chi connectivity index (χ4n) is 1.62. The average Bonchev–Trinajstić information content (AvgIpc) is 2.89. The minimum Gasteiger partial charge on any atom is -0.368 e. The molecule has 1 atom stereocenters. The molecule has 0 saturated carbocycles. The molecule has 0 bridgehead atoms. The number of nitrogens with zero attached hydrogens (tertiary/aromatic N) is 1. The molecule has 1 aromatic heterocycles. The molecule has 1 rings (SSSR count). The van der Waals surface area contributed by atoms with Crippen molar-refractivity contribution in [2.75, 3.05) is 13.2 Å². The third-order valence-corrected chi connectivity index (χ3v) is 2.64. The number of amides is 1. The van der Waals surface area contributed by atoms with Gasteiger partial charge in [-0.2, -0.15) is 0 Å². The van der Waals surface area contributed by atoms with Gasteiger partial charge in [-0.1, -0.05) is 6.92 Å². The zero-order chi connectivity index (χ0) is 13.9. The molecule has 0 fully saturated rings.